The molecule has 2 nitrogen and oxygen atoms in total. The van der Waals surface area contributed by atoms with Crippen LogP contribution in [0.3, 0.4) is 0 Å². The van der Waals surface area contributed by atoms with Gasteiger partial charge in [0, 0.05) is 6.42 Å². The normalized spacial score (nSPS) is 35.2. The molecule has 0 aliphatic heterocycles. The summed E-state index contributed by atoms with van der Waals surface area (Å²) >= 11 is 0. The largest absolute Gasteiger partial charge is 0.409 e. The highest BCUT2D eigenvalue weighted by Gasteiger charge is 2.67. The SMILES string of the molecule is CCC1(O[Si](C)(C)C)CC1(C)O[Si](C)(C)C. The molecule has 16 heavy (non-hydrogen) atoms. The van der Waals surface area contributed by atoms with Gasteiger partial charge in [0.15, 0.2) is 16.6 Å². The number of rotatable bonds is 5. The minimum absolute atomic E-state index is 0.0117. The molecule has 1 aliphatic rings. The maximum absolute atomic E-state index is 6.38. The fourth-order valence-electron chi connectivity index (χ4n) is 2.61. The van der Waals surface area contributed by atoms with Crippen LogP contribution in [0.2, 0.25) is 39.3 Å². The zero-order valence-corrected chi connectivity index (χ0v) is 14.2. The van der Waals surface area contributed by atoms with Crippen LogP contribution in [0.5, 0.6) is 0 Å². The minimum atomic E-state index is -1.48. The monoisotopic (exact) mass is 260 g/mol. The van der Waals surface area contributed by atoms with Gasteiger partial charge in [0.05, 0.1) is 11.2 Å². The topological polar surface area (TPSA) is 18.5 Å². The van der Waals surface area contributed by atoms with Crippen LogP contribution < -0.4 is 0 Å². The van der Waals surface area contributed by atoms with Gasteiger partial charge in [-0.3, -0.25) is 0 Å². The third-order valence-electron chi connectivity index (χ3n) is 3.07. The third-order valence-corrected chi connectivity index (χ3v) is 5.13. The average Bonchev–Trinajstić information content (AvgIpc) is 2.47. The van der Waals surface area contributed by atoms with E-state index in [0.29, 0.717) is 0 Å². The summed E-state index contributed by atoms with van der Waals surface area (Å²) in [5.41, 5.74) is -0.00967. The first-order valence-electron chi connectivity index (χ1n) is 6.33. The van der Waals surface area contributed by atoms with Crippen LogP contribution in [-0.2, 0) is 8.85 Å². The summed E-state index contributed by atoms with van der Waals surface area (Å²) in [6.45, 7) is 18.0. The maximum atomic E-state index is 6.38. The van der Waals surface area contributed by atoms with Crippen LogP contribution in [0.25, 0.3) is 0 Å². The van der Waals surface area contributed by atoms with Crippen molar-refractivity contribution in [2.24, 2.45) is 0 Å². The fraction of sp³-hybridized carbons (Fsp3) is 1.00. The van der Waals surface area contributed by atoms with Crippen molar-refractivity contribution in [1.29, 1.82) is 0 Å². The molecule has 1 fully saturated rings. The van der Waals surface area contributed by atoms with E-state index >= 15 is 0 Å². The van der Waals surface area contributed by atoms with Crippen molar-refractivity contribution in [1.82, 2.24) is 0 Å². The van der Waals surface area contributed by atoms with Crippen LogP contribution in [0, 0.1) is 0 Å². The predicted molar refractivity (Wildman–Crippen MR) is 74.9 cm³/mol. The van der Waals surface area contributed by atoms with Crippen LogP contribution in [0.4, 0.5) is 0 Å². The Morgan fingerprint density at radius 3 is 1.69 bits per heavy atom. The molecule has 0 radical (unpaired) electrons. The Kier molecular flexibility index (Phi) is 3.55. The smallest absolute Gasteiger partial charge is 0.184 e. The lowest BCUT2D eigenvalue weighted by atomic mass is 10.2. The van der Waals surface area contributed by atoms with E-state index in [-0.39, 0.29) is 11.2 Å². The van der Waals surface area contributed by atoms with E-state index in [1.54, 1.807) is 0 Å². The van der Waals surface area contributed by atoms with Gasteiger partial charge in [0.2, 0.25) is 0 Å². The molecule has 1 aliphatic carbocycles. The van der Waals surface area contributed by atoms with Crippen molar-refractivity contribution < 1.29 is 8.85 Å². The third kappa shape index (κ3) is 3.18. The molecule has 0 aromatic rings. The highest BCUT2D eigenvalue weighted by molar-refractivity contribution is 6.70. The zero-order chi connectivity index (χ0) is 12.8. The molecule has 0 spiro atoms. The Bertz CT molecular complexity index is 267. The molecule has 0 aromatic carbocycles. The summed E-state index contributed by atoms with van der Waals surface area (Å²) in [5.74, 6) is 0. The first-order chi connectivity index (χ1) is 6.93. The van der Waals surface area contributed by atoms with Gasteiger partial charge in [-0.25, -0.2) is 0 Å². The van der Waals surface area contributed by atoms with E-state index in [0.717, 1.165) is 12.8 Å². The van der Waals surface area contributed by atoms with Crippen molar-refractivity contribution in [2.45, 2.75) is 77.2 Å². The quantitative estimate of drug-likeness (QED) is 0.696. The van der Waals surface area contributed by atoms with Gasteiger partial charge in [-0.15, -0.1) is 0 Å². The highest BCUT2D eigenvalue weighted by Crippen LogP contribution is 2.57. The Morgan fingerprint density at radius 2 is 1.38 bits per heavy atom. The second-order valence-corrected chi connectivity index (χ2v) is 16.0. The van der Waals surface area contributed by atoms with E-state index in [2.05, 4.69) is 53.1 Å². The Hall–Kier alpha value is 0.354. The summed E-state index contributed by atoms with van der Waals surface area (Å²) in [4.78, 5) is 0. The second-order valence-electron chi connectivity index (χ2n) is 7.18. The van der Waals surface area contributed by atoms with Crippen LogP contribution >= 0.6 is 0 Å². The average molecular weight is 261 g/mol. The summed E-state index contributed by atoms with van der Waals surface area (Å²) in [5, 5.41) is 0. The molecule has 0 aromatic heterocycles. The standard InChI is InChI=1S/C12H28O2Si2/c1-9-12(14-16(6,7)8)10-11(12,2)13-15(3,4)5/h9-10H2,1-8H3. The van der Waals surface area contributed by atoms with Gasteiger partial charge in [-0.1, -0.05) is 6.92 Å². The predicted octanol–water partition coefficient (Wildman–Crippen LogP) is 4.00. The Morgan fingerprint density at radius 1 is 0.938 bits per heavy atom. The molecule has 0 N–H and O–H groups in total. The molecule has 96 valence electrons. The van der Waals surface area contributed by atoms with Crippen LogP contribution in [0.15, 0.2) is 0 Å². The van der Waals surface area contributed by atoms with Crippen molar-refractivity contribution in [3.63, 3.8) is 0 Å². The van der Waals surface area contributed by atoms with Crippen molar-refractivity contribution in [3.8, 4) is 0 Å². The highest BCUT2D eigenvalue weighted by atomic mass is 28.4. The first-order valence-corrected chi connectivity index (χ1v) is 13.2. The lowest BCUT2D eigenvalue weighted by Gasteiger charge is -2.33. The van der Waals surface area contributed by atoms with Gasteiger partial charge in [-0.05, 0) is 52.6 Å². The molecule has 1 rings (SSSR count). The second kappa shape index (κ2) is 3.93. The zero-order valence-electron chi connectivity index (χ0n) is 12.2. The van der Waals surface area contributed by atoms with E-state index in [1.807, 2.05) is 0 Å². The first kappa shape index (κ1) is 14.4. The van der Waals surface area contributed by atoms with Crippen molar-refractivity contribution in [2.75, 3.05) is 0 Å². The summed E-state index contributed by atoms with van der Waals surface area (Å²) in [7, 11) is -2.96. The van der Waals surface area contributed by atoms with Crippen molar-refractivity contribution in [3.05, 3.63) is 0 Å². The summed E-state index contributed by atoms with van der Waals surface area (Å²) in [6, 6.07) is 0. The van der Waals surface area contributed by atoms with Crippen LogP contribution in [-0.4, -0.2) is 27.8 Å². The van der Waals surface area contributed by atoms with E-state index in [1.165, 1.54) is 0 Å². The molecule has 4 heteroatoms. The van der Waals surface area contributed by atoms with Crippen molar-refractivity contribution >= 4 is 16.6 Å². The summed E-state index contributed by atoms with van der Waals surface area (Å²) < 4.78 is 12.7. The Balaban J connectivity index is 2.74. The molecule has 2 atom stereocenters. The molecular formula is C12H28O2Si2. The van der Waals surface area contributed by atoms with Gasteiger partial charge in [0.25, 0.3) is 0 Å². The Labute approximate surface area is 103 Å². The minimum Gasteiger partial charge on any atom is -0.409 e. The molecule has 0 bridgehead atoms. The molecular weight excluding hydrogens is 232 g/mol. The molecule has 1 saturated carbocycles. The number of hydrogen-bond acceptors (Lipinski definition) is 2. The maximum Gasteiger partial charge on any atom is 0.184 e. The number of hydrogen-bond donors (Lipinski definition) is 0. The fourth-order valence-corrected chi connectivity index (χ4v) is 5.82. The van der Waals surface area contributed by atoms with Gasteiger partial charge in [-0.2, -0.15) is 0 Å². The van der Waals surface area contributed by atoms with E-state index in [9.17, 15) is 0 Å². The molecule has 2 unspecified atom stereocenters. The van der Waals surface area contributed by atoms with Crippen LogP contribution in [0.1, 0.15) is 26.7 Å². The van der Waals surface area contributed by atoms with E-state index in [4.69, 9.17) is 8.85 Å². The lowest BCUT2D eigenvalue weighted by Crippen LogP contribution is -2.42. The summed E-state index contributed by atoms with van der Waals surface area (Å²) in [6.07, 6.45) is 2.14. The van der Waals surface area contributed by atoms with Gasteiger partial charge in [0.1, 0.15) is 0 Å². The molecule has 0 saturated heterocycles. The molecule has 0 heterocycles. The van der Waals surface area contributed by atoms with Gasteiger partial charge >= 0.3 is 0 Å². The van der Waals surface area contributed by atoms with Gasteiger partial charge < -0.3 is 8.85 Å². The molecule has 0 amide bonds. The lowest BCUT2D eigenvalue weighted by molar-refractivity contribution is 0.0530. The van der Waals surface area contributed by atoms with E-state index < -0.39 is 16.6 Å².